The Hall–Kier alpha value is -0.0800. The fourth-order valence-electron chi connectivity index (χ4n) is 6.79. The molecule has 4 bridgehead atoms. The zero-order valence-corrected chi connectivity index (χ0v) is 14.5. The molecule has 0 radical (unpaired) electrons. The van der Waals surface area contributed by atoms with Gasteiger partial charge in [0.15, 0.2) is 0 Å². The van der Waals surface area contributed by atoms with Crippen molar-refractivity contribution in [1.82, 2.24) is 10.2 Å². The Bertz CT molecular complexity index is 399. The summed E-state index contributed by atoms with van der Waals surface area (Å²) in [5.41, 5.74) is 1.09. The summed E-state index contributed by atoms with van der Waals surface area (Å²) < 4.78 is 0. The summed E-state index contributed by atoms with van der Waals surface area (Å²) in [5.74, 6) is 1.89. The second-order valence-corrected chi connectivity index (χ2v) is 9.64. The molecule has 2 heteroatoms. The van der Waals surface area contributed by atoms with Crippen LogP contribution in [0.3, 0.4) is 0 Å². The Morgan fingerprint density at radius 3 is 2.29 bits per heavy atom. The lowest BCUT2D eigenvalue weighted by atomic mass is 9.68. The van der Waals surface area contributed by atoms with Gasteiger partial charge < -0.3 is 10.2 Å². The number of hydrogen-bond acceptors (Lipinski definition) is 2. The minimum atomic E-state index is 0.511. The van der Waals surface area contributed by atoms with Gasteiger partial charge in [0, 0.05) is 18.1 Å². The molecule has 0 amide bonds. The Kier molecular flexibility index (Phi) is 3.25. The number of piperidine rings is 1. The first kappa shape index (κ1) is 14.5. The summed E-state index contributed by atoms with van der Waals surface area (Å²) >= 11 is 0. The monoisotopic (exact) mass is 290 g/mol. The lowest BCUT2D eigenvalue weighted by Crippen LogP contribution is -2.52. The number of nitrogens with one attached hydrogen (secondary N) is 1. The van der Waals surface area contributed by atoms with Gasteiger partial charge in [0.1, 0.15) is 0 Å². The zero-order valence-electron chi connectivity index (χ0n) is 14.5. The number of fused-ring (bicyclic) bond motifs is 4. The highest BCUT2D eigenvalue weighted by atomic mass is 15.2. The van der Waals surface area contributed by atoms with Crippen molar-refractivity contribution in [3.8, 4) is 0 Å². The van der Waals surface area contributed by atoms with E-state index in [0.717, 1.165) is 30.0 Å². The third kappa shape index (κ3) is 2.12. The normalized spacial score (nSPS) is 51.7. The molecule has 4 aliphatic rings. The second-order valence-electron chi connectivity index (χ2n) is 9.64. The van der Waals surface area contributed by atoms with E-state index in [1.54, 1.807) is 0 Å². The molecule has 2 heterocycles. The summed E-state index contributed by atoms with van der Waals surface area (Å²) in [6.07, 6.45) is 10.2. The molecular formula is C19H34N2. The highest BCUT2D eigenvalue weighted by molar-refractivity contribution is 5.12. The molecule has 21 heavy (non-hydrogen) atoms. The van der Waals surface area contributed by atoms with Crippen molar-refractivity contribution >= 4 is 0 Å². The van der Waals surface area contributed by atoms with Crippen molar-refractivity contribution in [2.24, 2.45) is 22.7 Å². The van der Waals surface area contributed by atoms with Gasteiger partial charge >= 0.3 is 0 Å². The first-order valence-corrected chi connectivity index (χ1v) is 9.35. The molecule has 4 rings (SSSR count). The van der Waals surface area contributed by atoms with Crippen molar-refractivity contribution < 1.29 is 0 Å². The van der Waals surface area contributed by atoms with E-state index in [9.17, 15) is 0 Å². The highest BCUT2D eigenvalue weighted by Gasteiger charge is 2.59. The Morgan fingerprint density at radius 1 is 1.05 bits per heavy atom. The van der Waals surface area contributed by atoms with Crippen molar-refractivity contribution in [3.63, 3.8) is 0 Å². The molecule has 2 aliphatic heterocycles. The molecule has 2 aliphatic carbocycles. The van der Waals surface area contributed by atoms with Crippen LogP contribution >= 0.6 is 0 Å². The molecule has 120 valence electrons. The molecule has 4 fully saturated rings. The summed E-state index contributed by atoms with van der Waals surface area (Å²) in [7, 11) is 2.35. The molecule has 2 saturated carbocycles. The Balaban J connectivity index is 1.39. The van der Waals surface area contributed by atoms with E-state index in [2.05, 4.69) is 38.0 Å². The van der Waals surface area contributed by atoms with Gasteiger partial charge in [-0.25, -0.2) is 0 Å². The van der Waals surface area contributed by atoms with Crippen molar-refractivity contribution in [2.45, 2.75) is 83.8 Å². The molecule has 0 aromatic heterocycles. The van der Waals surface area contributed by atoms with E-state index in [0.29, 0.717) is 10.8 Å². The smallest absolute Gasteiger partial charge is 0.0175 e. The van der Waals surface area contributed by atoms with Gasteiger partial charge in [-0.1, -0.05) is 20.8 Å². The highest BCUT2D eigenvalue weighted by Crippen LogP contribution is 2.62. The molecule has 0 aromatic rings. The number of nitrogens with zero attached hydrogens (tertiary/aromatic N) is 1. The van der Waals surface area contributed by atoms with Gasteiger partial charge in [-0.05, 0) is 81.2 Å². The van der Waals surface area contributed by atoms with E-state index in [-0.39, 0.29) is 0 Å². The summed E-state index contributed by atoms with van der Waals surface area (Å²) in [6.45, 7) is 8.88. The van der Waals surface area contributed by atoms with Gasteiger partial charge in [-0.15, -0.1) is 0 Å². The van der Waals surface area contributed by atoms with Crippen molar-refractivity contribution in [3.05, 3.63) is 0 Å². The molecule has 0 aromatic carbocycles. The maximum absolute atomic E-state index is 4.08. The van der Waals surface area contributed by atoms with Crippen LogP contribution in [0.25, 0.3) is 0 Å². The quantitative estimate of drug-likeness (QED) is 0.853. The fourth-order valence-corrected chi connectivity index (χ4v) is 6.79. The average Bonchev–Trinajstić information content (AvgIpc) is 2.95. The topological polar surface area (TPSA) is 15.3 Å². The Morgan fingerprint density at radius 2 is 1.71 bits per heavy atom. The first-order chi connectivity index (χ1) is 9.90. The molecule has 2 nitrogen and oxygen atoms in total. The van der Waals surface area contributed by atoms with Crippen LogP contribution in [0.15, 0.2) is 0 Å². The number of rotatable bonds is 3. The van der Waals surface area contributed by atoms with Crippen LogP contribution in [0, 0.1) is 22.7 Å². The summed E-state index contributed by atoms with van der Waals surface area (Å²) in [5, 5.41) is 4.08. The van der Waals surface area contributed by atoms with Crippen LogP contribution in [0.5, 0.6) is 0 Å². The van der Waals surface area contributed by atoms with Crippen molar-refractivity contribution in [1.29, 1.82) is 0 Å². The minimum Gasteiger partial charge on any atom is -0.313 e. The first-order valence-electron chi connectivity index (χ1n) is 9.35. The van der Waals surface area contributed by atoms with Crippen LogP contribution in [0.1, 0.15) is 65.7 Å². The predicted molar refractivity (Wildman–Crippen MR) is 88.3 cm³/mol. The van der Waals surface area contributed by atoms with Crippen LogP contribution in [-0.4, -0.2) is 36.6 Å². The van der Waals surface area contributed by atoms with Crippen LogP contribution in [0.4, 0.5) is 0 Å². The van der Waals surface area contributed by atoms with Gasteiger partial charge in [0.2, 0.25) is 0 Å². The lowest BCUT2D eigenvalue weighted by Gasteiger charge is -2.45. The zero-order chi connectivity index (χ0) is 14.8. The summed E-state index contributed by atoms with van der Waals surface area (Å²) in [6, 6.07) is 2.53. The summed E-state index contributed by atoms with van der Waals surface area (Å²) in [4.78, 5) is 2.67. The van der Waals surface area contributed by atoms with Gasteiger partial charge in [-0.3, -0.25) is 0 Å². The maximum Gasteiger partial charge on any atom is 0.0175 e. The molecule has 1 N–H and O–H groups in total. The fraction of sp³-hybridized carbons (Fsp3) is 1.00. The average molecular weight is 290 g/mol. The van der Waals surface area contributed by atoms with E-state index < -0.39 is 0 Å². The van der Waals surface area contributed by atoms with Gasteiger partial charge in [0.25, 0.3) is 0 Å². The maximum atomic E-state index is 4.08. The predicted octanol–water partition coefficient (Wildman–Crippen LogP) is 3.66. The van der Waals surface area contributed by atoms with E-state index in [1.807, 2.05) is 0 Å². The van der Waals surface area contributed by atoms with E-state index in [1.165, 1.54) is 51.5 Å². The Labute approximate surface area is 131 Å². The molecule has 0 spiro atoms. The van der Waals surface area contributed by atoms with E-state index >= 15 is 0 Å². The second kappa shape index (κ2) is 4.71. The third-order valence-corrected chi connectivity index (χ3v) is 8.08. The molecule has 2 saturated heterocycles. The molecule has 5 unspecified atom stereocenters. The van der Waals surface area contributed by atoms with Crippen LogP contribution in [0.2, 0.25) is 0 Å². The van der Waals surface area contributed by atoms with Gasteiger partial charge in [0.05, 0.1) is 0 Å². The lowest BCUT2D eigenvalue weighted by molar-refractivity contribution is 0.0885. The van der Waals surface area contributed by atoms with E-state index in [4.69, 9.17) is 0 Å². The van der Waals surface area contributed by atoms with Crippen LogP contribution in [-0.2, 0) is 0 Å². The van der Waals surface area contributed by atoms with Crippen molar-refractivity contribution in [2.75, 3.05) is 13.6 Å². The van der Waals surface area contributed by atoms with Gasteiger partial charge in [-0.2, -0.15) is 0 Å². The SMILES string of the molecule is CN1C2CCC1CC(CNC1C3(C)CCC(C3)C1(C)C)C2. The largest absolute Gasteiger partial charge is 0.313 e. The number of hydrogen-bond donors (Lipinski definition) is 1. The molecular weight excluding hydrogens is 256 g/mol. The third-order valence-electron chi connectivity index (χ3n) is 8.08. The minimum absolute atomic E-state index is 0.511. The van der Waals surface area contributed by atoms with Crippen LogP contribution < -0.4 is 5.32 Å². The molecule has 5 atom stereocenters. The standard InChI is InChI=1S/C19H34N2/c1-18(2)14-7-8-19(3,11-14)17(18)20-12-13-9-15-5-6-16(10-13)21(15)4/h13-17,20H,5-12H2,1-4H3.